The van der Waals surface area contributed by atoms with Crippen LogP contribution in [0.4, 0.5) is 4.79 Å². The molecule has 0 bridgehead atoms. The van der Waals surface area contributed by atoms with Gasteiger partial charge in [0.1, 0.15) is 5.75 Å². The monoisotopic (exact) mass is 310 g/mol. The number of hydrogen-bond acceptors (Lipinski definition) is 2. The molecular weight excluding hydrogens is 288 g/mol. The molecule has 4 nitrogen and oxygen atoms in total. The second-order valence-electron chi connectivity index (χ2n) is 6.16. The van der Waals surface area contributed by atoms with Gasteiger partial charge in [0, 0.05) is 19.1 Å². The highest BCUT2D eigenvalue weighted by Gasteiger charge is 2.21. The Bertz CT molecular complexity index is 682. The van der Waals surface area contributed by atoms with Gasteiger partial charge in [0.15, 0.2) is 0 Å². The number of fused-ring (bicyclic) bond motifs is 1. The van der Waals surface area contributed by atoms with Crippen LogP contribution in [0.5, 0.6) is 5.75 Å². The molecule has 2 N–H and O–H groups in total. The maximum absolute atomic E-state index is 12.4. The van der Waals surface area contributed by atoms with Gasteiger partial charge in [-0.3, -0.25) is 0 Å². The van der Waals surface area contributed by atoms with Crippen molar-refractivity contribution in [2.45, 2.75) is 32.4 Å². The first-order valence-corrected chi connectivity index (χ1v) is 8.02. The van der Waals surface area contributed by atoms with Gasteiger partial charge in [-0.1, -0.05) is 36.4 Å². The Kier molecular flexibility index (Phi) is 4.51. The fourth-order valence-electron chi connectivity index (χ4n) is 3.01. The molecule has 0 saturated heterocycles. The van der Waals surface area contributed by atoms with Crippen LogP contribution >= 0.6 is 0 Å². The molecule has 0 aliphatic carbocycles. The van der Waals surface area contributed by atoms with Crippen molar-refractivity contribution in [3.63, 3.8) is 0 Å². The van der Waals surface area contributed by atoms with E-state index in [9.17, 15) is 9.90 Å². The highest BCUT2D eigenvalue weighted by atomic mass is 16.3. The lowest BCUT2D eigenvalue weighted by Gasteiger charge is -2.30. The van der Waals surface area contributed by atoms with Crippen molar-refractivity contribution < 1.29 is 9.90 Å². The van der Waals surface area contributed by atoms with E-state index >= 15 is 0 Å². The zero-order valence-electron chi connectivity index (χ0n) is 13.3. The summed E-state index contributed by atoms with van der Waals surface area (Å²) in [6, 6.07) is 15.4. The average Bonchev–Trinajstić information content (AvgIpc) is 2.56. The zero-order chi connectivity index (χ0) is 16.2. The van der Waals surface area contributed by atoms with Crippen LogP contribution in [-0.2, 0) is 19.4 Å². The number of carbonyl (C=O) groups excluding carboxylic acids is 1. The molecule has 1 aliphatic heterocycles. The summed E-state index contributed by atoms with van der Waals surface area (Å²) in [5.74, 6) is 0.262. The van der Waals surface area contributed by atoms with Crippen LogP contribution in [0.15, 0.2) is 48.5 Å². The lowest BCUT2D eigenvalue weighted by molar-refractivity contribution is 0.189. The molecular formula is C19H22N2O2. The molecule has 0 saturated carbocycles. The van der Waals surface area contributed by atoms with Gasteiger partial charge in [-0.2, -0.15) is 0 Å². The number of phenolic OH excluding ortho intramolecular Hbond substituents is 1. The largest absolute Gasteiger partial charge is 0.508 e. The second-order valence-corrected chi connectivity index (χ2v) is 6.16. The van der Waals surface area contributed by atoms with Gasteiger partial charge in [-0.15, -0.1) is 0 Å². The zero-order valence-corrected chi connectivity index (χ0v) is 13.3. The summed E-state index contributed by atoms with van der Waals surface area (Å²) in [6.45, 7) is 3.44. The lowest BCUT2D eigenvalue weighted by atomic mass is 10.0. The molecule has 3 rings (SSSR count). The van der Waals surface area contributed by atoms with Gasteiger partial charge in [0.2, 0.25) is 0 Å². The molecule has 4 heteroatoms. The first-order chi connectivity index (χ1) is 11.1. The van der Waals surface area contributed by atoms with Crippen molar-refractivity contribution in [3.05, 3.63) is 65.2 Å². The summed E-state index contributed by atoms with van der Waals surface area (Å²) >= 11 is 0. The van der Waals surface area contributed by atoms with E-state index in [1.165, 1.54) is 11.1 Å². The van der Waals surface area contributed by atoms with Crippen molar-refractivity contribution in [2.75, 3.05) is 6.54 Å². The molecule has 120 valence electrons. The van der Waals surface area contributed by atoms with Crippen molar-refractivity contribution in [3.8, 4) is 5.75 Å². The number of benzene rings is 2. The number of nitrogens with zero attached hydrogens (tertiary/aromatic N) is 1. The van der Waals surface area contributed by atoms with Crippen LogP contribution in [0.25, 0.3) is 0 Å². The van der Waals surface area contributed by atoms with E-state index in [0.717, 1.165) is 24.9 Å². The molecule has 0 spiro atoms. The summed E-state index contributed by atoms with van der Waals surface area (Å²) < 4.78 is 0. The van der Waals surface area contributed by atoms with Gasteiger partial charge >= 0.3 is 6.03 Å². The molecule has 1 atom stereocenters. The van der Waals surface area contributed by atoms with E-state index in [-0.39, 0.29) is 17.8 Å². The molecule has 2 aromatic rings. The topological polar surface area (TPSA) is 52.6 Å². The maximum atomic E-state index is 12.4. The standard InChI is InChI=1S/C19H22N2O2/c1-14(12-15-6-8-18(22)9-7-15)20-19(23)21-11-10-16-4-2-3-5-17(16)13-21/h2-9,14,22H,10-13H2,1H3,(H,20,23)/t14-/m0/s1. The van der Waals surface area contributed by atoms with Crippen molar-refractivity contribution in [1.82, 2.24) is 10.2 Å². The average molecular weight is 310 g/mol. The van der Waals surface area contributed by atoms with E-state index < -0.39 is 0 Å². The molecule has 1 heterocycles. The molecule has 0 aromatic heterocycles. The Morgan fingerprint density at radius 2 is 1.87 bits per heavy atom. The molecule has 0 radical (unpaired) electrons. The normalized spacial score (nSPS) is 14.9. The number of phenols is 1. The molecule has 0 unspecified atom stereocenters. The van der Waals surface area contributed by atoms with Crippen LogP contribution in [0.1, 0.15) is 23.6 Å². The number of rotatable bonds is 3. The maximum Gasteiger partial charge on any atom is 0.317 e. The first kappa shape index (κ1) is 15.4. The number of amides is 2. The first-order valence-electron chi connectivity index (χ1n) is 8.02. The Hall–Kier alpha value is -2.49. The van der Waals surface area contributed by atoms with Crippen LogP contribution in [0.2, 0.25) is 0 Å². The summed E-state index contributed by atoms with van der Waals surface area (Å²) in [7, 11) is 0. The minimum Gasteiger partial charge on any atom is -0.508 e. The SMILES string of the molecule is C[C@@H](Cc1ccc(O)cc1)NC(=O)N1CCc2ccccc2C1. The third kappa shape index (κ3) is 3.83. The van der Waals surface area contributed by atoms with Crippen molar-refractivity contribution in [1.29, 1.82) is 0 Å². The van der Waals surface area contributed by atoms with E-state index in [4.69, 9.17) is 0 Å². The predicted molar refractivity (Wildman–Crippen MR) is 90.4 cm³/mol. The third-order valence-corrected chi connectivity index (χ3v) is 4.27. The Balaban J connectivity index is 1.56. The summed E-state index contributed by atoms with van der Waals surface area (Å²) in [5, 5.41) is 12.4. The van der Waals surface area contributed by atoms with E-state index in [1.807, 2.05) is 36.1 Å². The van der Waals surface area contributed by atoms with Crippen molar-refractivity contribution in [2.24, 2.45) is 0 Å². The summed E-state index contributed by atoms with van der Waals surface area (Å²) in [6.07, 6.45) is 1.66. The smallest absolute Gasteiger partial charge is 0.317 e. The number of nitrogens with one attached hydrogen (secondary N) is 1. The fourth-order valence-corrected chi connectivity index (χ4v) is 3.01. The number of urea groups is 1. The van der Waals surface area contributed by atoms with Crippen molar-refractivity contribution >= 4 is 6.03 Å². The minimum absolute atomic E-state index is 0.00854. The van der Waals surface area contributed by atoms with Gasteiger partial charge in [0.05, 0.1) is 0 Å². The number of aromatic hydroxyl groups is 1. The molecule has 0 fully saturated rings. The third-order valence-electron chi connectivity index (χ3n) is 4.27. The van der Waals surface area contributed by atoms with Gasteiger partial charge in [-0.05, 0) is 48.6 Å². The van der Waals surface area contributed by atoms with Crippen LogP contribution in [-0.4, -0.2) is 28.6 Å². The predicted octanol–water partition coefficient (Wildman–Crippen LogP) is 3.09. The van der Waals surface area contributed by atoms with E-state index in [1.54, 1.807) is 12.1 Å². The van der Waals surface area contributed by atoms with E-state index in [0.29, 0.717) is 6.54 Å². The molecule has 2 aromatic carbocycles. The lowest BCUT2D eigenvalue weighted by Crippen LogP contribution is -2.46. The number of carbonyl (C=O) groups is 1. The van der Waals surface area contributed by atoms with Crippen LogP contribution < -0.4 is 5.32 Å². The Labute approximate surface area is 136 Å². The van der Waals surface area contributed by atoms with Gasteiger partial charge in [0.25, 0.3) is 0 Å². The summed E-state index contributed by atoms with van der Waals surface area (Å²) in [5.41, 5.74) is 3.67. The fraction of sp³-hybridized carbons (Fsp3) is 0.316. The molecule has 2 amide bonds. The second kappa shape index (κ2) is 6.73. The van der Waals surface area contributed by atoms with Crippen LogP contribution in [0, 0.1) is 0 Å². The quantitative estimate of drug-likeness (QED) is 0.915. The Morgan fingerprint density at radius 1 is 1.17 bits per heavy atom. The van der Waals surface area contributed by atoms with E-state index in [2.05, 4.69) is 17.4 Å². The highest BCUT2D eigenvalue weighted by Crippen LogP contribution is 2.18. The van der Waals surface area contributed by atoms with Gasteiger partial charge < -0.3 is 15.3 Å². The van der Waals surface area contributed by atoms with Gasteiger partial charge in [-0.25, -0.2) is 4.79 Å². The minimum atomic E-state index is -0.00854. The molecule has 23 heavy (non-hydrogen) atoms. The molecule has 1 aliphatic rings. The number of hydrogen-bond donors (Lipinski definition) is 2. The highest BCUT2D eigenvalue weighted by molar-refractivity contribution is 5.75. The summed E-state index contributed by atoms with van der Waals surface area (Å²) in [4.78, 5) is 14.3. The van der Waals surface area contributed by atoms with Crippen LogP contribution in [0.3, 0.4) is 0 Å². The Morgan fingerprint density at radius 3 is 2.61 bits per heavy atom.